The SMILES string of the molecule is CCC/C=C\C/C=C\C(CCCCCCC(=O)NC(CCCN)C(=O)O)OC(=O)CCCCCCCCCCCCCCCCCCC. The summed E-state index contributed by atoms with van der Waals surface area (Å²) in [4.78, 5) is 36.1. The Morgan fingerprint density at radius 3 is 1.67 bits per heavy atom. The van der Waals surface area contributed by atoms with Crippen molar-refractivity contribution in [1.82, 2.24) is 5.32 Å². The van der Waals surface area contributed by atoms with Crippen molar-refractivity contribution < 1.29 is 24.2 Å². The van der Waals surface area contributed by atoms with Crippen molar-refractivity contribution in [2.24, 2.45) is 5.73 Å². The number of esters is 1. The smallest absolute Gasteiger partial charge is 0.326 e. The maximum Gasteiger partial charge on any atom is 0.326 e. The predicted molar refractivity (Wildman–Crippen MR) is 202 cm³/mol. The van der Waals surface area contributed by atoms with Crippen molar-refractivity contribution in [3.63, 3.8) is 0 Å². The zero-order valence-electron chi connectivity index (χ0n) is 31.3. The number of nitrogens with two attached hydrogens (primary N) is 1. The van der Waals surface area contributed by atoms with Gasteiger partial charge in [-0.1, -0.05) is 154 Å². The standard InChI is InChI=1S/C41H76N2O5/c1-3-5-7-9-11-12-13-14-15-16-17-18-19-20-21-23-29-35-40(45)48-37(31-26-22-10-8-6-4-2)32-27-24-25-28-34-39(44)43-38(41(46)47)33-30-36-42/h8,10,26,31,37-38H,3-7,9,11-25,27-30,32-36,42H2,1-2H3,(H,43,44)(H,46,47)/b10-8-,31-26-. The Morgan fingerprint density at radius 2 is 1.15 bits per heavy atom. The van der Waals surface area contributed by atoms with Gasteiger partial charge in [0.15, 0.2) is 0 Å². The Kier molecular flexibility index (Phi) is 34.5. The van der Waals surface area contributed by atoms with E-state index >= 15 is 0 Å². The fourth-order valence-corrected chi connectivity index (χ4v) is 5.94. The Morgan fingerprint density at radius 1 is 0.625 bits per heavy atom. The first-order chi connectivity index (χ1) is 23.4. The monoisotopic (exact) mass is 677 g/mol. The van der Waals surface area contributed by atoms with Crippen molar-refractivity contribution >= 4 is 17.8 Å². The Labute approximate surface area is 295 Å². The van der Waals surface area contributed by atoms with E-state index in [1.165, 1.54) is 96.3 Å². The van der Waals surface area contributed by atoms with E-state index in [-0.39, 0.29) is 18.0 Å². The zero-order valence-corrected chi connectivity index (χ0v) is 31.3. The molecule has 0 rings (SSSR count). The summed E-state index contributed by atoms with van der Waals surface area (Å²) in [6, 6.07) is -0.871. The van der Waals surface area contributed by atoms with Crippen LogP contribution in [0.3, 0.4) is 0 Å². The van der Waals surface area contributed by atoms with Crippen LogP contribution in [0.2, 0.25) is 0 Å². The minimum Gasteiger partial charge on any atom is -0.480 e. The van der Waals surface area contributed by atoms with Gasteiger partial charge in [-0.15, -0.1) is 0 Å². The summed E-state index contributed by atoms with van der Waals surface area (Å²) in [5.74, 6) is -1.35. The molecule has 0 aliphatic rings. The maximum absolute atomic E-state index is 12.6. The van der Waals surface area contributed by atoms with Crippen LogP contribution in [0.5, 0.6) is 0 Å². The molecule has 0 aromatic heterocycles. The van der Waals surface area contributed by atoms with Crippen LogP contribution in [-0.4, -0.2) is 41.6 Å². The fourth-order valence-electron chi connectivity index (χ4n) is 5.94. The molecular weight excluding hydrogens is 600 g/mol. The largest absolute Gasteiger partial charge is 0.480 e. The van der Waals surface area contributed by atoms with Crippen molar-refractivity contribution in [3.8, 4) is 0 Å². The minimum absolute atomic E-state index is 0.105. The Balaban J connectivity index is 4.13. The first-order valence-electron chi connectivity index (χ1n) is 20.2. The highest BCUT2D eigenvalue weighted by atomic mass is 16.5. The van der Waals surface area contributed by atoms with E-state index in [0.29, 0.717) is 38.6 Å². The van der Waals surface area contributed by atoms with Crippen LogP contribution in [0.4, 0.5) is 0 Å². The molecule has 0 saturated heterocycles. The molecule has 0 bridgehead atoms. The molecule has 280 valence electrons. The third-order valence-electron chi connectivity index (χ3n) is 8.98. The quantitative estimate of drug-likeness (QED) is 0.0345. The summed E-state index contributed by atoms with van der Waals surface area (Å²) in [6.45, 7) is 4.85. The molecule has 48 heavy (non-hydrogen) atoms. The van der Waals surface area contributed by atoms with Crippen LogP contribution in [0.1, 0.15) is 200 Å². The summed E-state index contributed by atoms with van der Waals surface area (Å²) < 4.78 is 5.87. The van der Waals surface area contributed by atoms with Crippen LogP contribution < -0.4 is 11.1 Å². The predicted octanol–water partition coefficient (Wildman–Crippen LogP) is 10.9. The molecule has 0 fully saturated rings. The molecular formula is C41H76N2O5. The molecule has 0 saturated carbocycles. The molecule has 2 atom stereocenters. The van der Waals surface area contributed by atoms with Crippen molar-refractivity contribution in [2.45, 2.75) is 212 Å². The topological polar surface area (TPSA) is 119 Å². The summed E-state index contributed by atoms with van der Waals surface area (Å²) in [6.07, 6.45) is 39.7. The minimum atomic E-state index is -1.02. The lowest BCUT2D eigenvalue weighted by Crippen LogP contribution is -2.40. The highest BCUT2D eigenvalue weighted by Gasteiger charge is 2.19. The normalized spacial score (nSPS) is 12.9. The first-order valence-corrected chi connectivity index (χ1v) is 20.2. The maximum atomic E-state index is 12.6. The number of rotatable bonds is 36. The van der Waals surface area contributed by atoms with Gasteiger partial charge < -0.3 is 20.9 Å². The molecule has 7 heteroatoms. The van der Waals surface area contributed by atoms with Crippen LogP contribution in [0, 0.1) is 0 Å². The van der Waals surface area contributed by atoms with Gasteiger partial charge in [0.1, 0.15) is 12.1 Å². The van der Waals surface area contributed by atoms with E-state index in [1.54, 1.807) is 0 Å². The number of carboxylic acids is 1. The molecule has 0 aliphatic heterocycles. The first kappa shape index (κ1) is 45.9. The van der Waals surface area contributed by atoms with Gasteiger partial charge in [-0.2, -0.15) is 0 Å². The molecule has 0 spiro atoms. The molecule has 0 aliphatic carbocycles. The highest BCUT2D eigenvalue weighted by Crippen LogP contribution is 2.16. The number of carboxylic acid groups (broad SMARTS) is 1. The molecule has 2 unspecified atom stereocenters. The molecule has 0 aromatic carbocycles. The lowest BCUT2D eigenvalue weighted by molar-refractivity contribution is -0.147. The third-order valence-corrected chi connectivity index (χ3v) is 8.98. The van der Waals surface area contributed by atoms with Crippen LogP contribution >= 0.6 is 0 Å². The van der Waals surface area contributed by atoms with E-state index in [4.69, 9.17) is 10.5 Å². The van der Waals surface area contributed by atoms with Crippen LogP contribution in [0.15, 0.2) is 24.3 Å². The molecule has 0 heterocycles. The van der Waals surface area contributed by atoms with E-state index in [2.05, 4.69) is 37.4 Å². The third kappa shape index (κ3) is 32.4. The van der Waals surface area contributed by atoms with Gasteiger partial charge in [-0.05, 0) is 64.0 Å². The average molecular weight is 677 g/mol. The molecule has 7 nitrogen and oxygen atoms in total. The van der Waals surface area contributed by atoms with Crippen LogP contribution in [-0.2, 0) is 19.1 Å². The van der Waals surface area contributed by atoms with Gasteiger partial charge >= 0.3 is 11.9 Å². The highest BCUT2D eigenvalue weighted by molar-refractivity contribution is 5.83. The average Bonchev–Trinajstić information content (AvgIpc) is 3.07. The van der Waals surface area contributed by atoms with Gasteiger partial charge in [0, 0.05) is 12.8 Å². The van der Waals surface area contributed by atoms with E-state index < -0.39 is 12.0 Å². The number of carbonyl (C=O) groups is 3. The van der Waals surface area contributed by atoms with Crippen molar-refractivity contribution in [2.75, 3.05) is 6.54 Å². The van der Waals surface area contributed by atoms with Gasteiger partial charge in [-0.25, -0.2) is 4.79 Å². The second-order valence-electron chi connectivity index (χ2n) is 13.7. The molecule has 0 radical (unpaired) electrons. The molecule has 4 N–H and O–H groups in total. The van der Waals surface area contributed by atoms with Crippen molar-refractivity contribution in [1.29, 1.82) is 0 Å². The lowest BCUT2D eigenvalue weighted by Gasteiger charge is -2.15. The molecule has 0 aromatic rings. The van der Waals surface area contributed by atoms with Crippen molar-refractivity contribution in [3.05, 3.63) is 24.3 Å². The van der Waals surface area contributed by atoms with Gasteiger partial charge in [0.05, 0.1) is 0 Å². The van der Waals surface area contributed by atoms with Gasteiger partial charge in [0.2, 0.25) is 5.91 Å². The van der Waals surface area contributed by atoms with Gasteiger partial charge in [-0.3, -0.25) is 9.59 Å². The number of ether oxygens (including phenoxy) is 1. The number of unbranched alkanes of at least 4 members (excludes halogenated alkanes) is 20. The second-order valence-corrected chi connectivity index (χ2v) is 13.7. The number of hydrogen-bond acceptors (Lipinski definition) is 5. The number of aliphatic carboxylic acids is 1. The van der Waals surface area contributed by atoms with E-state index in [0.717, 1.165) is 57.8 Å². The summed E-state index contributed by atoms with van der Waals surface area (Å²) in [5.41, 5.74) is 5.47. The van der Waals surface area contributed by atoms with Gasteiger partial charge in [0.25, 0.3) is 0 Å². The number of carbonyl (C=O) groups excluding carboxylic acids is 2. The number of allylic oxidation sites excluding steroid dienone is 3. The summed E-state index contributed by atoms with van der Waals surface area (Å²) in [5, 5.41) is 11.9. The van der Waals surface area contributed by atoms with E-state index in [9.17, 15) is 19.5 Å². The Bertz CT molecular complexity index is 813. The Hall–Kier alpha value is -2.15. The number of nitrogens with one attached hydrogen (secondary N) is 1. The second kappa shape index (κ2) is 36.1. The summed E-state index contributed by atoms with van der Waals surface area (Å²) >= 11 is 0. The fraction of sp³-hybridized carbons (Fsp3) is 0.829. The number of amides is 1. The van der Waals surface area contributed by atoms with Crippen LogP contribution in [0.25, 0.3) is 0 Å². The van der Waals surface area contributed by atoms with E-state index in [1.807, 2.05) is 6.08 Å². The molecule has 1 amide bonds. The number of hydrogen-bond donors (Lipinski definition) is 3. The summed E-state index contributed by atoms with van der Waals surface area (Å²) in [7, 11) is 0. The zero-order chi connectivity index (χ0) is 35.3. The lowest BCUT2D eigenvalue weighted by atomic mass is 10.0.